The second-order valence-electron chi connectivity index (χ2n) is 7.54. The molecule has 0 bridgehead atoms. The van der Waals surface area contributed by atoms with Crippen LogP contribution in [0.3, 0.4) is 0 Å². The molecule has 1 amide bonds. The summed E-state index contributed by atoms with van der Waals surface area (Å²) in [7, 11) is -3.29. The van der Waals surface area contributed by atoms with Crippen LogP contribution in [0.5, 0.6) is 0 Å². The Morgan fingerprint density at radius 3 is 1.97 bits per heavy atom. The van der Waals surface area contributed by atoms with Crippen molar-refractivity contribution in [2.45, 2.75) is 96.8 Å². The van der Waals surface area contributed by atoms with Gasteiger partial charge in [0, 0.05) is 13.0 Å². The molecule has 1 rings (SSSR count). The van der Waals surface area contributed by atoms with E-state index in [2.05, 4.69) is 28.3 Å². The fraction of sp³-hybridized carbons (Fsp3) is 0.818. The lowest BCUT2D eigenvalue weighted by atomic mass is 10.1. The van der Waals surface area contributed by atoms with E-state index >= 15 is 0 Å². The van der Waals surface area contributed by atoms with E-state index < -0.39 is 10.4 Å². The first kappa shape index (κ1) is 28.8. The van der Waals surface area contributed by atoms with Crippen LogP contribution in [0.4, 0.5) is 0 Å². The predicted molar refractivity (Wildman–Crippen MR) is 123 cm³/mol. The molecule has 0 unspecified atom stereocenters. The molecule has 1 aliphatic rings. The summed E-state index contributed by atoms with van der Waals surface area (Å²) < 4.78 is 29.7. The van der Waals surface area contributed by atoms with Crippen LogP contribution in [0.2, 0.25) is 0 Å². The van der Waals surface area contributed by atoms with Gasteiger partial charge in [0.05, 0.1) is 20.0 Å². The Bertz CT molecular complexity index is 576. The topological polar surface area (TPSA) is 96.3 Å². The van der Waals surface area contributed by atoms with Gasteiger partial charge in [0.25, 0.3) is 0 Å². The molecule has 0 aromatic rings. The predicted octanol–water partition coefficient (Wildman–Crippen LogP) is 5.33. The Balaban J connectivity index is 0.00000122. The fourth-order valence-corrected chi connectivity index (χ4v) is 3.06. The SMILES string of the molecule is CCCCCCCCC=CCCCCCCCC(=O)N1C=NCC1.COS(=O)(=O)O. The maximum absolute atomic E-state index is 11.8. The highest BCUT2D eigenvalue weighted by molar-refractivity contribution is 7.80. The Hall–Kier alpha value is -1.25. The minimum atomic E-state index is -4.16. The average Bonchev–Trinajstić information content (AvgIpc) is 3.26. The lowest BCUT2D eigenvalue weighted by Gasteiger charge is -2.11. The van der Waals surface area contributed by atoms with Gasteiger partial charge in [-0.05, 0) is 32.1 Å². The molecule has 1 heterocycles. The van der Waals surface area contributed by atoms with Gasteiger partial charge in [0.2, 0.25) is 5.91 Å². The first-order valence-electron chi connectivity index (χ1n) is 11.4. The smallest absolute Gasteiger partial charge is 0.301 e. The zero-order valence-corrected chi connectivity index (χ0v) is 19.7. The van der Waals surface area contributed by atoms with Gasteiger partial charge in [-0.1, -0.05) is 70.4 Å². The first-order chi connectivity index (χ1) is 14.4. The molecular formula is C22H42N2O5S. The zero-order chi connectivity index (χ0) is 22.5. The van der Waals surface area contributed by atoms with Gasteiger partial charge in [-0.25, -0.2) is 0 Å². The zero-order valence-electron chi connectivity index (χ0n) is 18.9. The number of allylic oxidation sites excluding steroid dienone is 2. The first-order valence-corrected chi connectivity index (χ1v) is 12.7. The minimum Gasteiger partial charge on any atom is -0.301 e. The molecule has 0 aromatic heterocycles. The van der Waals surface area contributed by atoms with Crippen LogP contribution in [0.1, 0.15) is 96.8 Å². The number of aliphatic imine (C=N–C) groups is 1. The van der Waals surface area contributed by atoms with Crippen molar-refractivity contribution < 1.29 is 21.9 Å². The van der Waals surface area contributed by atoms with E-state index in [9.17, 15) is 13.2 Å². The molecule has 0 aromatic carbocycles. The van der Waals surface area contributed by atoms with E-state index in [4.69, 9.17) is 4.55 Å². The minimum absolute atomic E-state index is 0.244. The van der Waals surface area contributed by atoms with Gasteiger partial charge in [-0.2, -0.15) is 8.42 Å². The molecule has 7 nitrogen and oxygen atoms in total. The van der Waals surface area contributed by atoms with E-state index in [1.807, 2.05) is 0 Å². The van der Waals surface area contributed by atoms with Crippen LogP contribution >= 0.6 is 0 Å². The Morgan fingerprint density at radius 1 is 1.00 bits per heavy atom. The summed E-state index contributed by atoms with van der Waals surface area (Å²) >= 11 is 0. The molecule has 176 valence electrons. The van der Waals surface area contributed by atoms with Crippen LogP contribution in [0, 0.1) is 0 Å². The summed E-state index contributed by atoms with van der Waals surface area (Å²) in [5, 5.41) is 0. The van der Waals surface area contributed by atoms with Crippen molar-refractivity contribution in [2.24, 2.45) is 4.99 Å². The maximum atomic E-state index is 11.8. The quantitative estimate of drug-likeness (QED) is 0.196. The van der Waals surface area contributed by atoms with Crippen molar-refractivity contribution in [3.8, 4) is 0 Å². The van der Waals surface area contributed by atoms with E-state index in [0.29, 0.717) is 6.42 Å². The van der Waals surface area contributed by atoms with Gasteiger partial charge in [-0.3, -0.25) is 18.5 Å². The number of hydrogen-bond donors (Lipinski definition) is 1. The molecule has 0 atom stereocenters. The van der Waals surface area contributed by atoms with Crippen LogP contribution in [0.15, 0.2) is 17.1 Å². The number of carbonyl (C=O) groups excluding carboxylic acids is 1. The number of rotatable bonds is 16. The molecule has 1 aliphatic heterocycles. The van der Waals surface area contributed by atoms with Gasteiger partial charge in [0.1, 0.15) is 0 Å². The number of amides is 1. The molecule has 30 heavy (non-hydrogen) atoms. The van der Waals surface area contributed by atoms with Crippen molar-refractivity contribution in [3.05, 3.63) is 12.2 Å². The molecule has 0 radical (unpaired) electrons. The standard InChI is InChI=1S/C21H38N2O.CH4O4S/c1-2-3-4-5-6-7-8-9-10-11-12-13-14-15-16-17-21(24)23-19-18-22-20-23;1-5-6(2,3)4/h9-10,20H,2-8,11-19H2,1H3;1H3,(H,2,3,4). The Morgan fingerprint density at radius 2 is 1.50 bits per heavy atom. The summed E-state index contributed by atoms with van der Waals surface area (Å²) in [6.07, 6.45) is 24.0. The molecule has 1 N–H and O–H groups in total. The van der Waals surface area contributed by atoms with Crippen molar-refractivity contribution in [2.75, 3.05) is 20.2 Å². The van der Waals surface area contributed by atoms with Crippen LogP contribution in [-0.2, 0) is 19.4 Å². The monoisotopic (exact) mass is 446 g/mol. The molecule has 0 saturated carbocycles. The van der Waals surface area contributed by atoms with Gasteiger partial charge in [-0.15, -0.1) is 0 Å². The lowest BCUT2D eigenvalue weighted by molar-refractivity contribution is -0.126. The number of carbonyl (C=O) groups is 1. The number of nitrogens with zero attached hydrogens (tertiary/aromatic N) is 2. The number of unbranched alkanes of at least 4 members (excludes halogenated alkanes) is 11. The summed E-state index contributed by atoms with van der Waals surface area (Å²) in [6.45, 7) is 3.83. The van der Waals surface area contributed by atoms with Crippen LogP contribution in [-0.4, -0.2) is 50.3 Å². The second-order valence-corrected chi connectivity index (χ2v) is 8.73. The Kier molecular flexibility index (Phi) is 18.9. The van der Waals surface area contributed by atoms with Gasteiger partial charge < -0.3 is 4.90 Å². The van der Waals surface area contributed by atoms with E-state index in [0.717, 1.165) is 26.6 Å². The summed E-state index contributed by atoms with van der Waals surface area (Å²) in [5.41, 5.74) is 0. The third-order valence-corrected chi connectivity index (χ3v) is 5.30. The van der Waals surface area contributed by atoms with Gasteiger partial charge >= 0.3 is 10.4 Å². The molecule has 8 heteroatoms. The maximum Gasteiger partial charge on any atom is 0.397 e. The highest BCUT2D eigenvalue weighted by atomic mass is 32.3. The Labute approximate surface area is 183 Å². The summed E-state index contributed by atoms with van der Waals surface area (Å²) in [5.74, 6) is 0.244. The second kappa shape index (κ2) is 19.7. The summed E-state index contributed by atoms with van der Waals surface area (Å²) in [6, 6.07) is 0. The van der Waals surface area contributed by atoms with E-state index in [-0.39, 0.29) is 5.91 Å². The fourth-order valence-electron chi connectivity index (χ4n) is 3.06. The normalized spacial score (nSPS) is 13.6. The highest BCUT2D eigenvalue weighted by Gasteiger charge is 2.13. The average molecular weight is 447 g/mol. The highest BCUT2D eigenvalue weighted by Crippen LogP contribution is 2.10. The van der Waals surface area contributed by atoms with Crippen molar-refractivity contribution in [1.82, 2.24) is 4.90 Å². The lowest BCUT2D eigenvalue weighted by Crippen LogP contribution is -2.27. The largest absolute Gasteiger partial charge is 0.397 e. The number of hydrogen-bond acceptors (Lipinski definition) is 5. The van der Waals surface area contributed by atoms with Crippen molar-refractivity contribution in [1.29, 1.82) is 0 Å². The molecule has 0 fully saturated rings. The summed E-state index contributed by atoms with van der Waals surface area (Å²) in [4.78, 5) is 17.6. The van der Waals surface area contributed by atoms with Gasteiger partial charge in [0.15, 0.2) is 0 Å². The van der Waals surface area contributed by atoms with Crippen molar-refractivity contribution >= 4 is 22.6 Å². The molecular weight excluding hydrogens is 404 g/mol. The van der Waals surface area contributed by atoms with Crippen LogP contribution in [0.25, 0.3) is 0 Å². The molecule has 0 aliphatic carbocycles. The third kappa shape index (κ3) is 20.0. The molecule has 0 saturated heterocycles. The third-order valence-electron chi connectivity index (χ3n) is 4.87. The van der Waals surface area contributed by atoms with Crippen LogP contribution < -0.4 is 0 Å². The molecule has 0 spiro atoms. The van der Waals surface area contributed by atoms with Crippen molar-refractivity contribution in [3.63, 3.8) is 0 Å². The van der Waals surface area contributed by atoms with E-state index in [1.54, 1.807) is 11.2 Å². The van der Waals surface area contributed by atoms with E-state index in [1.165, 1.54) is 77.0 Å².